The Morgan fingerprint density at radius 3 is 2.58 bits per heavy atom. The number of anilines is 1. The van der Waals surface area contributed by atoms with Crippen molar-refractivity contribution in [3.05, 3.63) is 65.7 Å². The van der Waals surface area contributed by atoms with Crippen LogP contribution < -0.4 is 15.5 Å². The fourth-order valence-corrected chi connectivity index (χ4v) is 3.32. The third-order valence-electron chi connectivity index (χ3n) is 4.85. The zero-order valence-corrected chi connectivity index (χ0v) is 15.9. The lowest BCUT2D eigenvalue weighted by Crippen LogP contribution is -2.40. The maximum absolute atomic E-state index is 4.73. The van der Waals surface area contributed by atoms with Crippen LogP contribution in [0.5, 0.6) is 0 Å². The summed E-state index contributed by atoms with van der Waals surface area (Å²) in [6.45, 7) is 9.00. The fraction of sp³-hybridized carbons (Fsp3) is 0.409. The molecule has 1 aliphatic heterocycles. The average molecular weight is 351 g/mol. The number of aliphatic imine (C=N–C) groups is 1. The van der Waals surface area contributed by atoms with E-state index in [1.165, 1.54) is 23.2 Å². The first-order chi connectivity index (χ1) is 12.7. The zero-order chi connectivity index (χ0) is 18.2. The lowest BCUT2D eigenvalue weighted by Gasteiger charge is -2.19. The molecule has 0 aliphatic carbocycles. The van der Waals surface area contributed by atoms with Gasteiger partial charge in [-0.3, -0.25) is 0 Å². The van der Waals surface area contributed by atoms with Crippen molar-refractivity contribution in [1.29, 1.82) is 0 Å². The Bertz CT molecular complexity index is 694. The fourth-order valence-electron chi connectivity index (χ4n) is 3.32. The second-order valence-electron chi connectivity index (χ2n) is 7.00. The van der Waals surface area contributed by atoms with E-state index in [9.17, 15) is 0 Å². The van der Waals surface area contributed by atoms with E-state index in [2.05, 4.69) is 84.0 Å². The molecular weight excluding hydrogens is 320 g/mol. The van der Waals surface area contributed by atoms with Crippen LogP contribution in [0, 0.1) is 12.8 Å². The quantitative estimate of drug-likeness (QED) is 0.618. The smallest absolute Gasteiger partial charge is 0.191 e. The molecule has 2 aromatic rings. The highest BCUT2D eigenvalue weighted by atomic mass is 15.2. The Balaban J connectivity index is 1.50. The molecule has 3 rings (SSSR count). The maximum atomic E-state index is 4.73. The number of hydrogen-bond acceptors (Lipinski definition) is 2. The normalized spacial score (nSPS) is 17.4. The highest BCUT2D eigenvalue weighted by molar-refractivity contribution is 5.79. The Labute approximate surface area is 157 Å². The van der Waals surface area contributed by atoms with E-state index in [0.29, 0.717) is 12.5 Å². The summed E-state index contributed by atoms with van der Waals surface area (Å²) in [5, 5.41) is 6.88. The van der Waals surface area contributed by atoms with Crippen LogP contribution in [0.2, 0.25) is 0 Å². The maximum Gasteiger partial charge on any atom is 0.191 e. The van der Waals surface area contributed by atoms with Crippen LogP contribution in [-0.4, -0.2) is 32.1 Å². The van der Waals surface area contributed by atoms with Gasteiger partial charge in [0.1, 0.15) is 0 Å². The molecule has 4 nitrogen and oxygen atoms in total. The summed E-state index contributed by atoms with van der Waals surface area (Å²) < 4.78 is 0. The van der Waals surface area contributed by atoms with E-state index in [0.717, 1.165) is 32.1 Å². The van der Waals surface area contributed by atoms with E-state index in [1.54, 1.807) is 0 Å². The van der Waals surface area contributed by atoms with Crippen LogP contribution in [-0.2, 0) is 6.54 Å². The number of nitrogens with zero attached hydrogens (tertiary/aromatic N) is 2. The predicted octanol–water partition coefficient (Wildman–Crippen LogP) is 3.58. The van der Waals surface area contributed by atoms with Gasteiger partial charge in [0.05, 0.1) is 6.54 Å². The molecule has 4 heteroatoms. The Morgan fingerprint density at radius 2 is 1.85 bits per heavy atom. The molecule has 0 bridgehead atoms. The summed E-state index contributed by atoms with van der Waals surface area (Å²) in [5.74, 6) is 1.56. The van der Waals surface area contributed by atoms with Crippen molar-refractivity contribution in [2.24, 2.45) is 10.9 Å². The van der Waals surface area contributed by atoms with Crippen LogP contribution >= 0.6 is 0 Å². The molecule has 1 fully saturated rings. The number of benzene rings is 2. The van der Waals surface area contributed by atoms with E-state index in [1.807, 2.05) is 0 Å². The van der Waals surface area contributed by atoms with Gasteiger partial charge in [-0.1, -0.05) is 48.0 Å². The van der Waals surface area contributed by atoms with Gasteiger partial charge in [-0.15, -0.1) is 0 Å². The molecular formula is C22H30N4. The SMILES string of the molecule is CCNC(=NCc1ccc(C)cc1)NCC1CCN(c2ccccc2)C1. The molecule has 1 unspecified atom stereocenters. The van der Waals surface area contributed by atoms with Gasteiger partial charge in [0.2, 0.25) is 0 Å². The minimum Gasteiger partial charge on any atom is -0.371 e. The molecule has 1 saturated heterocycles. The van der Waals surface area contributed by atoms with Crippen molar-refractivity contribution in [1.82, 2.24) is 10.6 Å². The molecule has 0 amide bonds. The van der Waals surface area contributed by atoms with Crippen molar-refractivity contribution < 1.29 is 0 Å². The van der Waals surface area contributed by atoms with Crippen LogP contribution in [0.25, 0.3) is 0 Å². The minimum absolute atomic E-state index is 0.651. The molecule has 0 aromatic heterocycles. The standard InChI is InChI=1S/C22H30N4/c1-3-23-22(24-15-19-11-9-18(2)10-12-19)25-16-20-13-14-26(17-20)21-7-5-4-6-8-21/h4-12,20H,3,13-17H2,1-2H3,(H2,23,24,25). The van der Waals surface area contributed by atoms with Crippen LogP contribution in [0.15, 0.2) is 59.6 Å². The summed E-state index contributed by atoms with van der Waals surface area (Å²) in [5.41, 5.74) is 3.85. The second kappa shape index (κ2) is 9.27. The van der Waals surface area contributed by atoms with Crippen molar-refractivity contribution in [2.75, 3.05) is 31.1 Å². The molecule has 0 radical (unpaired) electrons. The van der Waals surface area contributed by atoms with Gasteiger partial charge in [-0.05, 0) is 43.9 Å². The van der Waals surface area contributed by atoms with Gasteiger partial charge in [-0.25, -0.2) is 4.99 Å². The van der Waals surface area contributed by atoms with Gasteiger partial charge in [0, 0.05) is 31.9 Å². The van der Waals surface area contributed by atoms with E-state index in [4.69, 9.17) is 4.99 Å². The summed E-state index contributed by atoms with van der Waals surface area (Å²) in [6, 6.07) is 19.3. The van der Waals surface area contributed by atoms with Crippen molar-refractivity contribution >= 4 is 11.6 Å². The molecule has 0 spiro atoms. The zero-order valence-electron chi connectivity index (χ0n) is 15.9. The lowest BCUT2D eigenvalue weighted by molar-refractivity contribution is 0.566. The van der Waals surface area contributed by atoms with Gasteiger partial charge < -0.3 is 15.5 Å². The third-order valence-corrected chi connectivity index (χ3v) is 4.85. The predicted molar refractivity (Wildman–Crippen MR) is 111 cm³/mol. The molecule has 0 saturated carbocycles. The Hall–Kier alpha value is -2.49. The summed E-state index contributed by atoms with van der Waals surface area (Å²) >= 11 is 0. The topological polar surface area (TPSA) is 39.7 Å². The van der Waals surface area contributed by atoms with Crippen molar-refractivity contribution in [3.63, 3.8) is 0 Å². The number of nitrogens with one attached hydrogen (secondary N) is 2. The molecule has 26 heavy (non-hydrogen) atoms. The van der Waals surface area contributed by atoms with E-state index < -0.39 is 0 Å². The monoisotopic (exact) mass is 350 g/mol. The van der Waals surface area contributed by atoms with Crippen LogP contribution in [0.3, 0.4) is 0 Å². The summed E-state index contributed by atoms with van der Waals surface area (Å²) in [6.07, 6.45) is 1.22. The number of guanidine groups is 1. The largest absolute Gasteiger partial charge is 0.371 e. The number of aryl methyl sites for hydroxylation is 1. The minimum atomic E-state index is 0.651. The second-order valence-corrected chi connectivity index (χ2v) is 7.00. The summed E-state index contributed by atoms with van der Waals surface area (Å²) in [7, 11) is 0. The Morgan fingerprint density at radius 1 is 1.08 bits per heavy atom. The summed E-state index contributed by atoms with van der Waals surface area (Å²) in [4.78, 5) is 7.21. The Kier molecular flexibility index (Phi) is 6.53. The molecule has 1 aliphatic rings. The van der Waals surface area contributed by atoms with Gasteiger partial charge in [-0.2, -0.15) is 0 Å². The highest BCUT2D eigenvalue weighted by Crippen LogP contribution is 2.22. The highest BCUT2D eigenvalue weighted by Gasteiger charge is 2.22. The lowest BCUT2D eigenvalue weighted by atomic mass is 10.1. The van der Waals surface area contributed by atoms with Gasteiger partial charge in [0.15, 0.2) is 5.96 Å². The van der Waals surface area contributed by atoms with E-state index >= 15 is 0 Å². The van der Waals surface area contributed by atoms with Crippen LogP contribution in [0.4, 0.5) is 5.69 Å². The third kappa shape index (κ3) is 5.25. The first-order valence-electron chi connectivity index (χ1n) is 9.62. The molecule has 1 atom stereocenters. The molecule has 138 valence electrons. The number of rotatable bonds is 6. The molecule has 2 aromatic carbocycles. The number of para-hydroxylation sites is 1. The van der Waals surface area contributed by atoms with Gasteiger partial charge in [0.25, 0.3) is 0 Å². The van der Waals surface area contributed by atoms with Crippen LogP contribution in [0.1, 0.15) is 24.5 Å². The van der Waals surface area contributed by atoms with Crippen molar-refractivity contribution in [3.8, 4) is 0 Å². The average Bonchev–Trinajstić information content (AvgIpc) is 3.15. The first kappa shape index (κ1) is 18.3. The first-order valence-corrected chi connectivity index (χ1v) is 9.62. The van der Waals surface area contributed by atoms with Gasteiger partial charge >= 0.3 is 0 Å². The molecule has 1 heterocycles. The van der Waals surface area contributed by atoms with E-state index in [-0.39, 0.29) is 0 Å². The number of hydrogen-bond donors (Lipinski definition) is 2. The molecule has 2 N–H and O–H groups in total. The van der Waals surface area contributed by atoms with Crippen molar-refractivity contribution in [2.45, 2.75) is 26.8 Å².